The summed E-state index contributed by atoms with van der Waals surface area (Å²) in [6, 6.07) is 0. The molecule has 1 amide bonds. The van der Waals surface area contributed by atoms with Crippen LogP contribution in [0.2, 0.25) is 0 Å². The molecule has 1 rings (SSSR count). The lowest BCUT2D eigenvalue weighted by atomic mass is 10.3. The van der Waals surface area contributed by atoms with E-state index in [-0.39, 0.29) is 5.91 Å². The molecule has 0 aromatic carbocycles. The monoisotopic (exact) mass is 219 g/mol. The zero-order valence-corrected chi connectivity index (χ0v) is 9.79. The number of imidazole rings is 1. The van der Waals surface area contributed by atoms with E-state index in [4.69, 9.17) is 0 Å². The Bertz CT molecular complexity index is 418. The SMILES string of the molecule is C=CCn1cc(CNC(=O)C(=C)C)nc1C. The predicted molar refractivity (Wildman–Crippen MR) is 63.8 cm³/mol. The molecule has 86 valence electrons. The first-order valence-electron chi connectivity index (χ1n) is 5.12. The highest BCUT2D eigenvalue weighted by molar-refractivity contribution is 5.91. The number of allylic oxidation sites excluding steroid dienone is 1. The zero-order valence-electron chi connectivity index (χ0n) is 9.79. The van der Waals surface area contributed by atoms with Gasteiger partial charge in [0.05, 0.1) is 12.2 Å². The minimum absolute atomic E-state index is 0.143. The highest BCUT2D eigenvalue weighted by atomic mass is 16.1. The van der Waals surface area contributed by atoms with Crippen LogP contribution in [0, 0.1) is 6.92 Å². The van der Waals surface area contributed by atoms with E-state index in [0.717, 1.165) is 18.1 Å². The summed E-state index contributed by atoms with van der Waals surface area (Å²) in [6.45, 7) is 12.0. The molecule has 0 saturated carbocycles. The number of nitrogens with zero attached hydrogens (tertiary/aromatic N) is 2. The first kappa shape index (κ1) is 12.2. The van der Waals surface area contributed by atoms with E-state index in [1.165, 1.54) is 0 Å². The van der Waals surface area contributed by atoms with Crippen LogP contribution in [-0.2, 0) is 17.9 Å². The largest absolute Gasteiger partial charge is 0.347 e. The number of aromatic nitrogens is 2. The Kier molecular flexibility index (Phi) is 4.05. The summed E-state index contributed by atoms with van der Waals surface area (Å²) in [6.07, 6.45) is 3.72. The van der Waals surface area contributed by atoms with Crippen molar-refractivity contribution in [3.63, 3.8) is 0 Å². The van der Waals surface area contributed by atoms with Crippen LogP contribution in [0.1, 0.15) is 18.4 Å². The second kappa shape index (κ2) is 5.30. The van der Waals surface area contributed by atoms with Crippen molar-refractivity contribution < 1.29 is 4.79 Å². The van der Waals surface area contributed by atoms with E-state index >= 15 is 0 Å². The molecule has 4 heteroatoms. The van der Waals surface area contributed by atoms with Gasteiger partial charge in [0.2, 0.25) is 5.91 Å². The van der Waals surface area contributed by atoms with E-state index in [1.807, 2.05) is 23.8 Å². The molecule has 0 spiro atoms. The van der Waals surface area contributed by atoms with Crippen LogP contribution in [0.15, 0.2) is 31.0 Å². The van der Waals surface area contributed by atoms with Gasteiger partial charge in [-0.2, -0.15) is 0 Å². The lowest BCUT2D eigenvalue weighted by molar-refractivity contribution is -0.117. The first-order chi connectivity index (χ1) is 7.54. The molecule has 0 fully saturated rings. The molecule has 0 unspecified atom stereocenters. The summed E-state index contributed by atoms with van der Waals surface area (Å²) in [4.78, 5) is 15.6. The van der Waals surface area contributed by atoms with Crippen molar-refractivity contribution >= 4 is 5.91 Å². The maximum absolute atomic E-state index is 11.3. The van der Waals surface area contributed by atoms with Gasteiger partial charge in [0.15, 0.2) is 0 Å². The topological polar surface area (TPSA) is 46.9 Å². The molecule has 0 saturated heterocycles. The third kappa shape index (κ3) is 3.08. The van der Waals surface area contributed by atoms with Crippen LogP contribution in [0.5, 0.6) is 0 Å². The molecule has 0 aliphatic rings. The van der Waals surface area contributed by atoms with Gasteiger partial charge < -0.3 is 9.88 Å². The van der Waals surface area contributed by atoms with Gasteiger partial charge in [0.25, 0.3) is 0 Å². The van der Waals surface area contributed by atoms with Crippen molar-refractivity contribution in [1.29, 1.82) is 0 Å². The third-order valence-electron chi connectivity index (χ3n) is 2.17. The fourth-order valence-corrected chi connectivity index (χ4v) is 1.31. The Morgan fingerprint density at radius 2 is 2.38 bits per heavy atom. The first-order valence-corrected chi connectivity index (χ1v) is 5.12. The average Bonchev–Trinajstić information content (AvgIpc) is 2.57. The van der Waals surface area contributed by atoms with Gasteiger partial charge in [0.1, 0.15) is 5.82 Å². The van der Waals surface area contributed by atoms with Crippen LogP contribution in [0.25, 0.3) is 0 Å². The van der Waals surface area contributed by atoms with Crippen molar-refractivity contribution in [1.82, 2.24) is 14.9 Å². The Balaban J connectivity index is 2.61. The molecular weight excluding hydrogens is 202 g/mol. The van der Waals surface area contributed by atoms with Gasteiger partial charge >= 0.3 is 0 Å². The molecule has 16 heavy (non-hydrogen) atoms. The number of aryl methyl sites for hydroxylation is 1. The maximum atomic E-state index is 11.3. The summed E-state index contributed by atoms with van der Waals surface area (Å²) in [5, 5.41) is 2.74. The molecular formula is C12H17N3O. The van der Waals surface area contributed by atoms with E-state index in [1.54, 1.807) is 6.92 Å². The van der Waals surface area contributed by atoms with E-state index in [0.29, 0.717) is 12.1 Å². The second-order valence-electron chi connectivity index (χ2n) is 3.68. The summed E-state index contributed by atoms with van der Waals surface area (Å²) in [5.41, 5.74) is 1.34. The second-order valence-corrected chi connectivity index (χ2v) is 3.68. The Morgan fingerprint density at radius 3 is 2.94 bits per heavy atom. The Labute approximate surface area is 95.7 Å². The molecule has 0 aliphatic heterocycles. The Morgan fingerprint density at radius 1 is 1.69 bits per heavy atom. The highest BCUT2D eigenvalue weighted by Gasteiger charge is 2.05. The number of amides is 1. The quantitative estimate of drug-likeness (QED) is 0.603. The minimum atomic E-state index is -0.143. The highest BCUT2D eigenvalue weighted by Crippen LogP contribution is 2.02. The van der Waals surface area contributed by atoms with Crippen molar-refractivity contribution in [2.75, 3.05) is 0 Å². The summed E-state index contributed by atoms with van der Waals surface area (Å²) >= 11 is 0. The van der Waals surface area contributed by atoms with E-state index < -0.39 is 0 Å². The van der Waals surface area contributed by atoms with Crippen LogP contribution >= 0.6 is 0 Å². The number of hydrogen-bond acceptors (Lipinski definition) is 2. The molecule has 1 aromatic rings. The molecule has 1 aromatic heterocycles. The maximum Gasteiger partial charge on any atom is 0.246 e. The molecule has 4 nitrogen and oxygen atoms in total. The van der Waals surface area contributed by atoms with Gasteiger partial charge in [-0.05, 0) is 13.8 Å². The lowest BCUT2D eigenvalue weighted by Gasteiger charge is -2.01. The van der Waals surface area contributed by atoms with Crippen LogP contribution in [-0.4, -0.2) is 15.5 Å². The zero-order chi connectivity index (χ0) is 12.1. The predicted octanol–water partition coefficient (Wildman–Crippen LogP) is 1.57. The summed E-state index contributed by atoms with van der Waals surface area (Å²) < 4.78 is 1.98. The van der Waals surface area contributed by atoms with Crippen LogP contribution in [0.3, 0.4) is 0 Å². The lowest BCUT2D eigenvalue weighted by Crippen LogP contribution is -2.23. The fourth-order valence-electron chi connectivity index (χ4n) is 1.31. The molecule has 0 atom stereocenters. The normalized spacial score (nSPS) is 9.88. The standard InChI is InChI=1S/C12H17N3O/c1-5-6-15-8-11(14-10(15)4)7-13-12(16)9(2)3/h5,8H,1-2,6-7H2,3-4H3,(H,13,16). The number of carbonyl (C=O) groups excluding carboxylic acids is 1. The van der Waals surface area contributed by atoms with Gasteiger partial charge in [-0.15, -0.1) is 6.58 Å². The smallest absolute Gasteiger partial charge is 0.246 e. The summed E-state index contributed by atoms with van der Waals surface area (Å²) in [7, 11) is 0. The van der Waals surface area contributed by atoms with Gasteiger partial charge in [-0.1, -0.05) is 12.7 Å². The van der Waals surface area contributed by atoms with Crippen molar-refractivity contribution in [2.24, 2.45) is 0 Å². The number of rotatable bonds is 5. The Hall–Kier alpha value is -1.84. The van der Waals surface area contributed by atoms with Crippen molar-refractivity contribution in [2.45, 2.75) is 26.9 Å². The minimum Gasteiger partial charge on any atom is -0.347 e. The molecule has 0 radical (unpaired) electrons. The van der Waals surface area contributed by atoms with Crippen LogP contribution in [0.4, 0.5) is 0 Å². The van der Waals surface area contributed by atoms with Crippen LogP contribution < -0.4 is 5.32 Å². The molecule has 0 aliphatic carbocycles. The average molecular weight is 219 g/mol. The molecule has 1 heterocycles. The van der Waals surface area contributed by atoms with Gasteiger partial charge in [-0.3, -0.25) is 4.79 Å². The van der Waals surface area contributed by atoms with E-state index in [9.17, 15) is 4.79 Å². The van der Waals surface area contributed by atoms with E-state index in [2.05, 4.69) is 23.5 Å². The fraction of sp³-hybridized carbons (Fsp3) is 0.333. The van der Waals surface area contributed by atoms with Crippen molar-refractivity contribution in [3.05, 3.63) is 42.5 Å². The third-order valence-corrected chi connectivity index (χ3v) is 2.17. The molecule has 0 bridgehead atoms. The number of hydrogen-bond donors (Lipinski definition) is 1. The molecule has 1 N–H and O–H groups in total. The number of carbonyl (C=O) groups is 1. The van der Waals surface area contributed by atoms with Gasteiger partial charge in [0, 0.05) is 18.3 Å². The summed E-state index contributed by atoms with van der Waals surface area (Å²) in [5.74, 6) is 0.774. The van der Waals surface area contributed by atoms with Crippen molar-refractivity contribution in [3.8, 4) is 0 Å². The van der Waals surface area contributed by atoms with Gasteiger partial charge in [-0.25, -0.2) is 4.98 Å². The number of nitrogens with one attached hydrogen (secondary N) is 1.